The van der Waals surface area contributed by atoms with Crippen LogP contribution >= 0.6 is 11.8 Å². The standard InChI is InChI=1S/C11H19N5S/c1-8(2)4-9-5-12-11(17-9)13-6-10-14-7-16(3)15-10/h7-9H,4-6H2,1-3H3,(H,12,13). The molecule has 94 valence electrons. The van der Waals surface area contributed by atoms with E-state index in [1.807, 2.05) is 18.8 Å². The minimum Gasteiger partial charge on any atom is -0.358 e. The predicted molar refractivity (Wildman–Crippen MR) is 71.0 cm³/mol. The van der Waals surface area contributed by atoms with Gasteiger partial charge in [0.15, 0.2) is 11.0 Å². The van der Waals surface area contributed by atoms with Gasteiger partial charge < -0.3 is 5.32 Å². The number of aliphatic imine (C=N–C) groups is 1. The molecule has 17 heavy (non-hydrogen) atoms. The molecule has 5 nitrogen and oxygen atoms in total. The lowest BCUT2D eigenvalue weighted by Gasteiger charge is -2.10. The van der Waals surface area contributed by atoms with Crippen LogP contribution in [0.4, 0.5) is 0 Å². The van der Waals surface area contributed by atoms with Gasteiger partial charge in [0, 0.05) is 12.3 Å². The van der Waals surface area contributed by atoms with Gasteiger partial charge in [-0.3, -0.25) is 9.67 Å². The van der Waals surface area contributed by atoms with Crippen molar-refractivity contribution in [3.63, 3.8) is 0 Å². The third kappa shape index (κ3) is 3.73. The van der Waals surface area contributed by atoms with Crippen LogP contribution in [0.2, 0.25) is 0 Å². The SMILES string of the molecule is CC(C)CC1CN=C(NCc2ncn(C)n2)S1. The smallest absolute Gasteiger partial charge is 0.169 e. The average Bonchev–Trinajstić information content (AvgIpc) is 2.84. The summed E-state index contributed by atoms with van der Waals surface area (Å²) >= 11 is 1.84. The van der Waals surface area contributed by atoms with Gasteiger partial charge in [0.2, 0.25) is 0 Å². The molecule has 1 N–H and O–H groups in total. The van der Waals surface area contributed by atoms with Gasteiger partial charge in [-0.2, -0.15) is 5.10 Å². The molecule has 0 aromatic carbocycles. The van der Waals surface area contributed by atoms with Crippen LogP contribution in [0.1, 0.15) is 26.1 Å². The van der Waals surface area contributed by atoms with E-state index in [9.17, 15) is 0 Å². The van der Waals surface area contributed by atoms with Gasteiger partial charge >= 0.3 is 0 Å². The molecule has 1 aliphatic rings. The summed E-state index contributed by atoms with van der Waals surface area (Å²) in [5.74, 6) is 1.54. The minimum absolute atomic E-state index is 0.634. The second-order valence-corrected chi connectivity index (χ2v) is 5.99. The zero-order chi connectivity index (χ0) is 12.3. The first kappa shape index (κ1) is 12.4. The maximum atomic E-state index is 4.50. The van der Waals surface area contributed by atoms with Crippen LogP contribution in [0, 0.1) is 5.92 Å². The normalized spacial score (nSPS) is 19.8. The Morgan fingerprint density at radius 3 is 3.06 bits per heavy atom. The molecule has 0 fully saturated rings. The fraction of sp³-hybridized carbons (Fsp3) is 0.727. The lowest BCUT2D eigenvalue weighted by Crippen LogP contribution is -2.20. The number of aryl methyl sites for hydroxylation is 1. The van der Waals surface area contributed by atoms with E-state index in [0.29, 0.717) is 11.8 Å². The summed E-state index contributed by atoms with van der Waals surface area (Å²) in [6, 6.07) is 0. The highest BCUT2D eigenvalue weighted by molar-refractivity contribution is 8.14. The molecule has 2 heterocycles. The highest BCUT2D eigenvalue weighted by Crippen LogP contribution is 2.25. The number of aromatic nitrogens is 3. The molecule has 0 saturated carbocycles. The van der Waals surface area contributed by atoms with Crippen LogP contribution in [-0.4, -0.2) is 31.7 Å². The van der Waals surface area contributed by atoms with Gasteiger partial charge in [0.05, 0.1) is 13.1 Å². The number of amidine groups is 1. The second kappa shape index (κ2) is 5.53. The van der Waals surface area contributed by atoms with Crippen LogP contribution in [0.5, 0.6) is 0 Å². The molecule has 1 atom stereocenters. The first-order valence-electron chi connectivity index (χ1n) is 5.93. The van der Waals surface area contributed by atoms with Crippen molar-refractivity contribution >= 4 is 16.9 Å². The van der Waals surface area contributed by atoms with Crippen molar-refractivity contribution in [1.29, 1.82) is 0 Å². The van der Waals surface area contributed by atoms with Crippen molar-refractivity contribution in [2.75, 3.05) is 6.54 Å². The van der Waals surface area contributed by atoms with Crippen LogP contribution in [0.25, 0.3) is 0 Å². The zero-order valence-electron chi connectivity index (χ0n) is 10.6. The van der Waals surface area contributed by atoms with Crippen molar-refractivity contribution < 1.29 is 0 Å². The summed E-state index contributed by atoms with van der Waals surface area (Å²) in [6.45, 7) is 6.09. The summed E-state index contributed by atoms with van der Waals surface area (Å²) in [4.78, 5) is 8.67. The monoisotopic (exact) mass is 253 g/mol. The van der Waals surface area contributed by atoms with E-state index in [4.69, 9.17) is 0 Å². The lowest BCUT2D eigenvalue weighted by molar-refractivity contribution is 0.575. The van der Waals surface area contributed by atoms with Crippen LogP contribution in [0.15, 0.2) is 11.3 Å². The molecule has 0 amide bonds. The summed E-state index contributed by atoms with van der Waals surface area (Å²) in [7, 11) is 1.87. The van der Waals surface area contributed by atoms with Gasteiger partial charge in [-0.05, 0) is 12.3 Å². The third-order valence-electron chi connectivity index (χ3n) is 2.50. The van der Waals surface area contributed by atoms with Crippen LogP contribution in [-0.2, 0) is 13.6 Å². The van der Waals surface area contributed by atoms with Gasteiger partial charge in [-0.1, -0.05) is 25.6 Å². The molecule has 2 rings (SSSR count). The fourth-order valence-electron chi connectivity index (χ4n) is 1.78. The Bertz CT molecular complexity index is 398. The highest BCUT2D eigenvalue weighted by Gasteiger charge is 2.20. The van der Waals surface area contributed by atoms with Crippen molar-refractivity contribution in [3.8, 4) is 0 Å². The summed E-state index contributed by atoms with van der Waals surface area (Å²) in [5, 5.41) is 9.17. The molecule has 1 aromatic heterocycles. The first-order chi connectivity index (χ1) is 8.13. The molecule has 1 unspecified atom stereocenters. The Hall–Kier alpha value is -1.04. The van der Waals surface area contributed by atoms with E-state index in [1.165, 1.54) is 6.42 Å². The molecule has 0 spiro atoms. The number of hydrogen-bond donors (Lipinski definition) is 1. The summed E-state index contributed by atoms with van der Waals surface area (Å²) in [6.07, 6.45) is 2.93. The van der Waals surface area contributed by atoms with Crippen molar-refractivity contribution in [1.82, 2.24) is 20.1 Å². The number of thioether (sulfide) groups is 1. The van der Waals surface area contributed by atoms with Crippen LogP contribution < -0.4 is 5.32 Å². The van der Waals surface area contributed by atoms with E-state index in [-0.39, 0.29) is 0 Å². The Morgan fingerprint density at radius 1 is 1.59 bits per heavy atom. The van der Waals surface area contributed by atoms with Gasteiger partial charge in [-0.15, -0.1) is 0 Å². The molecule has 0 aliphatic carbocycles. The number of rotatable bonds is 4. The summed E-state index contributed by atoms with van der Waals surface area (Å²) in [5.41, 5.74) is 0. The number of hydrogen-bond acceptors (Lipinski definition) is 5. The van der Waals surface area contributed by atoms with E-state index < -0.39 is 0 Å². The predicted octanol–water partition coefficient (Wildman–Crippen LogP) is 1.42. The molecule has 1 aliphatic heterocycles. The van der Waals surface area contributed by atoms with Gasteiger partial charge in [0.1, 0.15) is 6.33 Å². The highest BCUT2D eigenvalue weighted by atomic mass is 32.2. The summed E-state index contributed by atoms with van der Waals surface area (Å²) < 4.78 is 1.71. The van der Waals surface area contributed by atoms with Gasteiger partial charge in [0.25, 0.3) is 0 Å². The van der Waals surface area contributed by atoms with Gasteiger partial charge in [-0.25, -0.2) is 4.98 Å². The van der Waals surface area contributed by atoms with E-state index >= 15 is 0 Å². The van der Waals surface area contributed by atoms with E-state index in [1.54, 1.807) is 11.0 Å². The van der Waals surface area contributed by atoms with Crippen LogP contribution in [0.3, 0.4) is 0 Å². The quantitative estimate of drug-likeness (QED) is 0.882. The molecule has 0 bridgehead atoms. The average molecular weight is 253 g/mol. The Balaban J connectivity index is 1.74. The minimum atomic E-state index is 0.634. The number of nitrogens with zero attached hydrogens (tertiary/aromatic N) is 4. The maximum Gasteiger partial charge on any atom is 0.169 e. The maximum absolute atomic E-state index is 4.50. The molecular formula is C11H19N5S. The molecule has 0 radical (unpaired) electrons. The number of nitrogens with one attached hydrogen (secondary N) is 1. The van der Waals surface area contributed by atoms with Crippen molar-refractivity contribution in [2.24, 2.45) is 18.0 Å². The van der Waals surface area contributed by atoms with E-state index in [0.717, 1.165) is 23.5 Å². The van der Waals surface area contributed by atoms with Crippen molar-refractivity contribution in [2.45, 2.75) is 32.1 Å². The Labute approximate surface area is 106 Å². The second-order valence-electron chi connectivity index (χ2n) is 4.70. The first-order valence-corrected chi connectivity index (χ1v) is 6.81. The fourth-order valence-corrected chi connectivity index (χ4v) is 3.03. The van der Waals surface area contributed by atoms with E-state index in [2.05, 4.69) is 34.2 Å². The largest absolute Gasteiger partial charge is 0.358 e. The lowest BCUT2D eigenvalue weighted by atomic mass is 10.1. The third-order valence-corrected chi connectivity index (χ3v) is 3.67. The Morgan fingerprint density at radius 2 is 2.41 bits per heavy atom. The Kier molecular flexibility index (Phi) is 4.04. The zero-order valence-corrected chi connectivity index (χ0v) is 11.4. The van der Waals surface area contributed by atoms with Crippen molar-refractivity contribution in [3.05, 3.63) is 12.2 Å². The molecule has 6 heteroatoms. The molecular weight excluding hydrogens is 234 g/mol. The topological polar surface area (TPSA) is 55.1 Å². The molecule has 1 aromatic rings. The molecule has 0 saturated heterocycles.